The van der Waals surface area contributed by atoms with E-state index < -0.39 is 6.04 Å². The van der Waals surface area contributed by atoms with E-state index in [1.165, 1.54) is 11.3 Å². The van der Waals surface area contributed by atoms with Crippen LogP contribution in [0, 0.1) is 0 Å². The summed E-state index contributed by atoms with van der Waals surface area (Å²) in [6.45, 7) is 3.43. The fraction of sp³-hybridized carbons (Fsp3) is 0.500. The first-order valence-electron chi connectivity index (χ1n) is 6.02. The predicted octanol–water partition coefficient (Wildman–Crippen LogP) is 0.345. The lowest BCUT2D eigenvalue weighted by Gasteiger charge is -2.17. The Morgan fingerprint density at radius 1 is 1.56 bits per heavy atom. The van der Waals surface area contributed by atoms with E-state index in [4.69, 9.17) is 0 Å². The van der Waals surface area contributed by atoms with Crippen LogP contribution < -0.4 is 16.0 Å². The molecule has 1 aromatic heterocycles. The molecular weight excluding hydrogens is 250 g/mol. The summed E-state index contributed by atoms with van der Waals surface area (Å²) in [6.07, 6.45) is 0.942. The summed E-state index contributed by atoms with van der Waals surface area (Å²) in [5, 5.41) is 10.6. The highest BCUT2D eigenvalue weighted by Gasteiger charge is 2.21. The van der Waals surface area contributed by atoms with Gasteiger partial charge in [0, 0.05) is 12.6 Å². The molecule has 0 aliphatic carbocycles. The maximum atomic E-state index is 11.9. The molecule has 5 nitrogen and oxygen atoms in total. The monoisotopic (exact) mass is 267 g/mol. The van der Waals surface area contributed by atoms with Crippen LogP contribution in [0.2, 0.25) is 0 Å². The zero-order valence-corrected chi connectivity index (χ0v) is 11.0. The number of amides is 2. The molecule has 98 valence electrons. The van der Waals surface area contributed by atoms with Gasteiger partial charge in [-0.3, -0.25) is 9.59 Å². The Bertz CT molecular complexity index is 413. The van der Waals surface area contributed by atoms with E-state index >= 15 is 0 Å². The molecule has 2 atom stereocenters. The topological polar surface area (TPSA) is 70.2 Å². The van der Waals surface area contributed by atoms with Gasteiger partial charge in [0.1, 0.15) is 6.04 Å². The Kier molecular flexibility index (Phi) is 4.33. The lowest BCUT2D eigenvalue weighted by molar-refractivity contribution is -0.123. The molecule has 1 fully saturated rings. The zero-order valence-electron chi connectivity index (χ0n) is 10.2. The van der Waals surface area contributed by atoms with Crippen molar-refractivity contribution >= 4 is 23.2 Å². The number of hydrogen-bond donors (Lipinski definition) is 3. The third-order valence-electron chi connectivity index (χ3n) is 2.89. The quantitative estimate of drug-likeness (QED) is 0.737. The van der Waals surface area contributed by atoms with Crippen LogP contribution in [-0.2, 0) is 4.79 Å². The van der Waals surface area contributed by atoms with Crippen molar-refractivity contribution in [1.29, 1.82) is 0 Å². The van der Waals surface area contributed by atoms with E-state index in [1.54, 1.807) is 13.0 Å². The molecule has 0 saturated carbocycles. The van der Waals surface area contributed by atoms with E-state index in [-0.39, 0.29) is 17.9 Å². The molecule has 1 saturated heterocycles. The summed E-state index contributed by atoms with van der Waals surface area (Å²) in [6, 6.07) is 3.22. The molecule has 2 heterocycles. The normalized spacial score (nSPS) is 20.4. The van der Waals surface area contributed by atoms with Crippen LogP contribution in [0.4, 0.5) is 0 Å². The van der Waals surface area contributed by atoms with E-state index in [1.807, 2.05) is 11.4 Å². The molecule has 18 heavy (non-hydrogen) atoms. The molecule has 1 aliphatic heterocycles. The van der Waals surface area contributed by atoms with Crippen LogP contribution in [0.15, 0.2) is 17.5 Å². The summed E-state index contributed by atoms with van der Waals surface area (Å²) in [5.41, 5.74) is 0. The Hall–Kier alpha value is -1.40. The lowest BCUT2D eigenvalue weighted by Crippen LogP contribution is -2.48. The van der Waals surface area contributed by atoms with Crippen molar-refractivity contribution < 1.29 is 9.59 Å². The summed E-state index contributed by atoms with van der Waals surface area (Å²) >= 11 is 1.36. The maximum Gasteiger partial charge on any atom is 0.261 e. The fourth-order valence-corrected chi connectivity index (χ4v) is 2.47. The van der Waals surface area contributed by atoms with Gasteiger partial charge in [-0.25, -0.2) is 0 Å². The minimum Gasteiger partial charge on any atom is -0.350 e. The van der Waals surface area contributed by atoms with Gasteiger partial charge in [-0.15, -0.1) is 11.3 Å². The Labute approximate surface area is 110 Å². The summed E-state index contributed by atoms with van der Waals surface area (Å²) in [4.78, 5) is 24.2. The molecule has 2 amide bonds. The Morgan fingerprint density at radius 3 is 3.00 bits per heavy atom. The van der Waals surface area contributed by atoms with E-state index in [0.717, 1.165) is 19.5 Å². The second-order valence-corrected chi connectivity index (χ2v) is 5.32. The van der Waals surface area contributed by atoms with Crippen LogP contribution in [0.5, 0.6) is 0 Å². The highest BCUT2D eigenvalue weighted by atomic mass is 32.1. The van der Waals surface area contributed by atoms with Gasteiger partial charge in [0.25, 0.3) is 5.91 Å². The largest absolute Gasteiger partial charge is 0.350 e. The SMILES string of the molecule is CC(NC(=O)c1cccs1)C(=O)NC1CCNC1. The molecule has 3 N–H and O–H groups in total. The number of nitrogens with one attached hydrogen (secondary N) is 3. The van der Waals surface area contributed by atoms with Crippen LogP contribution in [0.3, 0.4) is 0 Å². The maximum absolute atomic E-state index is 11.9. The molecule has 0 aromatic carbocycles. The molecule has 0 bridgehead atoms. The third kappa shape index (κ3) is 3.30. The summed E-state index contributed by atoms with van der Waals surface area (Å²) in [7, 11) is 0. The molecule has 2 rings (SSSR count). The Morgan fingerprint density at radius 2 is 2.39 bits per heavy atom. The summed E-state index contributed by atoms with van der Waals surface area (Å²) in [5.74, 6) is -0.328. The highest BCUT2D eigenvalue weighted by molar-refractivity contribution is 7.12. The van der Waals surface area contributed by atoms with E-state index in [0.29, 0.717) is 4.88 Å². The minimum atomic E-state index is -0.514. The van der Waals surface area contributed by atoms with Crippen molar-refractivity contribution in [2.24, 2.45) is 0 Å². The van der Waals surface area contributed by atoms with E-state index in [9.17, 15) is 9.59 Å². The number of carbonyl (C=O) groups is 2. The minimum absolute atomic E-state index is 0.131. The van der Waals surface area contributed by atoms with Gasteiger partial charge in [0.15, 0.2) is 0 Å². The van der Waals surface area contributed by atoms with Crippen molar-refractivity contribution in [2.75, 3.05) is 13.1 Å². The van der Waals surface area contributed by atoms with Crippen LogP contribution in [-0.4, -0.2) is 37.0 Å². The number of thiophene rings is 1. The van der Waals surface area contributed by atoms with Gasteiger partial charge < -0.3 is 16.0 Å². The first kappa shape index (κ1) is 13.0. The predicted molar refractivity (Wildman–Crippen MR) is 70.7 cm³/mol. The first-order valence-corrected chi connectivity index (χ1v) is 6.90. The van der Waals surface area contributed by atoms with Crippen LogP contribution in [0.25, 0.3) is 0 Å². The fourth-order valence-electron chi connectivity index (χ4n) is 1.85. The van der Waals surface area contributed by atoms with Crippen molar-refractivity contribution in [1.82, 2.24) is 16.0 Å². The van der Waals surface area contributed by atoms with Crippen molar-refractivity contribution in [3.8, 4) is 0 Å². The number of rotatable bonds is 4. The summed E-state index contributed by atoms with van der Waals surface area (Å²) < 4.78 is 0. The lowest BCUT2D eigenvalue weighted by atomic mass is 10.2. The molecule has 1 aromatic rings. The highest BCUT2D eigenvalue weighted by Crippen LogP contribution is 2.08. The van der Waals surface area contributed by atoms with Crippen molar-refractivity contribution in [3.63, 3.8) is 0 Å². The molecule has 0 spiro atoms. The first-order chi connectivity index (χ1) is 8.66. The van der Waals surface area contributed by atoms with Crippen LogP contribution in [0.1, 0.15) is 23.0 Å². The standard InChI is InChI=1S/C12H17N3O2S/c1-8(11(16)15-9-4-5-13-7-9)14-12(17)10-3-2-6-18-10/h2-3,6,8-9,13H,4-5,7H2,1H3,(H,14,17)(H,15,16). The molecule has 1 aliphatic rings. The molecule has 6 heteroatoms. The van der Waals surface area contributed by atoms with Gasteiger partial charge in [-0.05, 0) is 31.3 Å². The van der Waals surface area contributed by atoms with Gasteiger partial charge in [0.2, 0.25) is 5.91 Å². The molecule has 2 unspecified atom stereocenters. The molecular formula is C12H17N3O2S. The van der Waals surface area contributed by atoms with Crippen molar-refractivity contribution in [2.45, 2.75) is 25.4 Å². The van der Waals surface area contributed by atoms with Gasteiger partial charge in [0.05, 0.1) is 4.88 Å². The van der Waals surface area contributed by atoms with E-state index in [2.05, 4.69) is 16.0 Å². The number of hydrogen-bond acceptors (Lipinski definition) is 4. The van der Waals surface area contributed by atoms with Crippen molar-refractivity contribution in [3.05, 3.63) is 22.4 Å². The van der Waals surface area contributed by atoms with Gasteiger partial charge >= 0.3 is 0 Å². The number of carbonyl (C=O) groups excluding carboxylic acids is 2. The van der Waals surface area contributed by atoms with Crippen LogP contribution >= 0.6 is 11.3 Å². The average Bonchev–Trinajstić information content (AvgIpc) is 3.01. The Balaban J connectivity index is 1.81. The molecule has 0 radical (unpaired) electrons. The second kappa shape index (κ2) is 5.97. The van der Waals surface area contributed by atoms with Gasteiger partial charge in [-0.2, -0.15) is 0 Å². The van der Waals surface area contributed by atoms with Gasteiger partial charge in [-0.1, -0.05) is 6.07 Å². The average molecular weight is 267 g/mol. The smallest absolute Gasteiger partial charge is 0.261 e. The second-order valence-electron chi connectivity index (χ2n) is 4.37. The third-order valence-corrected chi connectivity index (χ3v) is 3.76. The zero-order chi connectivity index (χ0) is 13.0.